The van der Waals surface area contributed by atoms with Crippen LogP contribution in [0.5, 0.6) is 0 Å². The van der Waals surface area contributed by atoms with Gasteiger partial charge in [-0.25, -0.2) is 4.39 Å². The lowest BCUT2D eigenvalue weighted by Gasteiger charge is -1.98. The number of nitrogens with zero attached hydrogens (tertiary/aromatic N) is 2. The number of aryl methyl sites for hydroxylation is 1. The molecular weight excluding hydrogens is 241 g/mol. The molecule has 1 aromatic rings. The molecule has 1 aromatic carbocycles. The Bertz CT molecular complexity index is 513. The van der Waals surface area contributed by atoms with Crippen LogP contribution in [0.2, 0.25) is 0 Å². The Labute approximate surface area is 102 Å². The molecule has 4 nitrogen and oxygen atoms in total. The van der Waals surface area contributed by atoms with Gasteiger partial charge in [0.1, 0.15) is 5.82 Å². The van der Waals surface area contributed by atoms with Gasteiger partial charge in [-0.15, -0.1) is 5.10 Å². The Hall–Kier alpha value is -1.69. The smallest absolute Gasteiger partial charge is 0.236 e. The second kappa shape index (κ2) is 5.09. The molecule has 1 amide bonds. The fraction of sp³-hybridized carbons (Fsp3) is 0.182. The van der Waals surface area contributed by atoms with Crippen molar-refractivity contribution in [3.05, 3.63) is 35.1 Å². The van der Waals surface area contributed by atoms with Crippen molar-refractivity contribution in [2.45, 2.75) is 6.92 Å². The highest BCUT2D eigenvalue weighted by Crippen LogP contribution is 2.11. The molecule has 0 saturated carbocycles. The van der Waals surface area contributed by atoms with Crippen LogP contribution in [0, 0.1) is 12.7 Å². The van der Waals surface area contributed by atoms with E-state index in [-0.39, 0.29) is 11.7 Å². The summed E-state index contributed by atoms with van der Waals surface area (Å²) in [7, 11) is 0. The van der Waals surface area contributed by atoms with E-state index in [1.165, 1.54) is 18.0 Å². The van der Waals surface area contributed by atoms with Crippen LogP contribution in [0.4, 0.5) is 4.39 Å². The Morgan fingerprint density at radius 1 is 1.53 bits per heavy atom. The number of thioether (sulfide) groups is 1. The van der Waals surface area contributed by atoms with E-state index in [0.29, 0.717) is 22.0 Å². The summed E-state index contributed by atoms with van der Waals surface area (Å²) in [4.78, 5) is 10.9. The molecule has 0 aromatic heterocycles. The van der Waals surface area contributed by atoms with Gasteiger partial charge >= 0.3 is 0 Å². The minimum absolute atomic E-state index is 0.0920. The summed E-state index contributed by atoms with van der Waals surface area (Å²) >= 11 is 1.27. The zero-order valence-electron chi connectivity index (χ0n) is 9.11. The van der Waals surface area contributed by atoms with Crippen LogP contribution < -0.4 is 5.32 Å². The number of rotatable bonds is 2. The van der Waals surface area contributed by atoms with E-state index in [0.717, 1.165) is 0 Å². The first-order valence-corrected chi connectivity index (χ1v) is 5.94. The molecule has 0 spiro atoms. The van der Waals surface area contributed by atoms with Crippen LogP contribution in [0.1, 0.15) is 11.1 Å². The maximum Gasteiger partial charge on any atom is 0.236 e. The first-order chi connectivity index (χ1) is 8.16. The van der Waals surface area contributed by atoms with Gasteiger partial charge in [0.25, 0.3) is 0 Å². The first-order valence-electron chi connectivity index (χ1n) is 4.95. The van der Waals surface area contributed by atoms with E-state index >= 15 is 0 Å². The van der Waals surface area contributed by atoms with Crippen LogP contribution in [-0.2, 0) is 4.79 Å². The van der Waals surface area contributed by atoms with Crippen molar-refractivity contribution in [2.24, 2.45) is 10.2 Å². The largest absolute Gasteiger partial charge is 0.303 e. The minimum Gasteiger partial charge on any atom is -0.303 e. The molecule has 2 rings (SSSR count). The van der Waals surface area contributed by atoms with Crippen LogP contribution >= 0.6 is 11.8 Å². The Morgan fingerprint density at radius 2 is 2.35 bits per heavy atom. The summed E-state index contributed by atoms with van der Waals surface area (Å²) in [6.45, 7) is 1.69. The highest BCUT2D eigenvalue weighted by molar-refractivity contribution is 8.15. The van der Waals surface area contributed by atoms with Crippen molar-refractivity contribution >= 4 is 29.1 Å². The lowest BCUT2D eigenvalue weighted by Crippen LogP contribution is -2.19. The third kappa shape index (κ3) is 2.91. The van der Waals surface area contributed by atoms with Gasteiger partial charge in [-0.1, -0.05) is 30.0 Å². The summed E-state index contributed by atoms with van der Waals surface area (Å²) < 4.78 is 13.5. The summed E-state index contributed by atoms with van der Waals surface area (Å²) in [6.07, 6.45) is 1.33. The molecule has 1 fully saturated rings. The number of amidine groups is 1. The third-order valence-electron chi connectivity index (χ3n) is 2.15. The van der Waals surface area contributed by atoms with Gasteiger partial charge in [0, 0.05) is 5.56 Å². The number of carbonyl (C=O) groups excluding carboxylic acids is 1. The van der Waals surface area contributed by atoms with Crippen LogP contribution in [0.3, 0.4) is 0 Å². The quantitative estimate of drug-likeness (QED) is 0.642. The fourth-order valence-electron chi connectivity index (χ4n) is 1.29. The fourth-order valence-corrected chi connectivity index (χ4v) is 1.92. The van der Waals surface area contributed by atoms with E-state index in [4.69, 9.17) is 0 Å². The average Bonchev–Trinajstić information content (AvgIpc) is 2.70. The summed E-state index contributed by atoms with van der Waals surface area (Å²) in [5.41, 5.74) is 0.939. The van der Waals surface area contributed by atoms with Gasteiger partial charge in [0.2, 0.25) is 5.91 Å². The topological polar surface area (TPSA) is 53.8 Å². The number of carbonyl (C=O) groups is 1. The molecule has 17 heavy (non-hydrogen) atoms. The molecule has 0 bridgehead atoms. The van der Waals surface area contributed by atoms with E-state index in [2.05, 4.69) is 15.5 Å². The molecule has 6 heteroatoms. The maximum absolute atomic E-state index is 13.5. The van der Waals surface area contributed by atoms with Gasteiger partial charge in [0.15, 0.2) is 5.17 Å². The van der Waals surface area contributed by atoms with Crippen molar-refractivity contribution in [2.75, 3.05) is 5.75 Å². The van der Waals surface area contributed by atoms with Gasteiger partial charge in [-0.2, -0.15) is 5.10 Å². The lowest BCUT2D eigenvalue weighted by molar-refractivity contribution is -0.116. The molecule has 0 atom stereocenters. The van der Waals surface area contributed by atoms with Crippen LogP contribution in [0.15, 0.2) is 28.4 Å². The number of nitrogens with one attached hydrogen (secondary N) is 1. The predicted molar refractivity (Wildman–Crippen MR) is 66.8 cm³/mol. The molecule has 0 radical (unpaired) electrons. The number of hydrogen-bond donors (Lipinski definition) is 1. The van der Waals surface area contributed by atoms with Crippen LogP contribution in [-0.4, -0.2) is 23.0 Å². The molecule has 0 unspecified atom stereocenters. The molecule has 0 aliphatic carbocycles. The van der Waals surface area contributed by atoms with E-state index < -0.39 is 0 Å². The van der Waals surface area contributed by atoms with Crippen LogP contribution in [0.25, 0.3) is 0 Å². The molecule has 1 aliphatic heterocycles. The van der Waals surface area contributed by atoms with E-state index in [9.17, 15) is 9.18 Å². The number of amides is 1. The Balaban J connectivity index is 2.11. The van der Waals surface area contributed by atoms with E-state index in [1.807, 2.05) is 0 Å². The van der Waals surface area contributed by atoms with Gasteiger partial charge in [-0.3, -0.25) is 4.79 Å². The summed E-state index contributed by atoms with van der Waals surface area (Å²) in [6, 6.07) is 5.05. The molecule has 1 heterocycles. The first kappa shape index (κ1) is 11.8. The Kier molecular flexibility index (Phi) is 3.53. The standard InChI is InChI=1S/C11H10FN3OS/c1-7-3-2-4-8(10(7)12)5-13-15-11-14-9(16)6-17-11/h2-5H,6H2,1H3,(H,14,15,16). The number of halogens is 1. The predicted octanol–water partition coefficient (Wildman–Crippen LogP) is 1.69. The number of benzene rings is 1. The van der Waals surface area contributed by atoms with Crippen molar-refractivity contribution < 1.29 is 9.18 Å². The molecule has 1 N–H and O–H groups in total. The number of hydrogen-bond acceptors (Lipinski definition) is 4. The summed E-state index contributed by atoms with van der Waals surface area (Å²) in [5.74, 6) is -0.0436. The normalized spacial score (nSPS) is 18.0. The second-order valence-corrected chi connectivity index (χ2v) is 4.43. The van der Waals surface area contributed by atoms with Gasteiger partial charge in [-0.05, 0) is 12.5 Å². The van der Waals surface area contributed by atoms with Crippen molar-refractivity contribution in [1.29, 1.82) is 0 Å². The monoisotopic (exact) mass is 251 g/mol. The lowest BCUT2D eigenvalue weighted by atomic mass is 10.1. The highest BCUT2D eigenvalue weighted by Gasteiger charge is 2.15. The third-order valence-corrected chi connectivity index (χ3v) is 3.02. The molecular formula is C11H10FN3OS. The van der Waals surface area contributed by atoms with Gasteiger partial charge < -0.3 is 5.32 Å². The minimum atomic E-state index is -0.306. The Morgan fingerprint density at radius 3 is 3.06 bits per heavy atom. The van der Waals surface area contributed by atoms with E-state index in [1.54, 1.807) is 25.1 Å². The second-order valence-electron chi connectivity index (χ2n) is 3.46. The van der Waals surface area contributed by atoms with Gasteiger partial charge in [0.05, 0.1) is 12.0 Å². The van der Waals surface area contributed by atoms with Crippen molar-refractivity contribution in [3.8, 4) is 0 Å². The molecule has 88 valence electrons. The average molecular weight is 251 g/mol. The van der Waals surface area contributed by atoms with Crippen molar-refractivity contribution in [1.82, 2.24) is 5.32 Å². The molecule has 1 saturated heterocycles. The zero-order valence-corrected chi connectivity index (χ0v) is 9.92. The SMILES string of the molecule is Cc1cccc(C=NN=C2NC(=O)CS2)c1F. The zero-order chi connectivity index (χ0) is 12.3. The summed E-state index contributed by atoms with van der Waals surface area (Å²) in [5, 5.41) is 10.5. The van der Waals surface area contributed by atoms with Crippen molar-refractivity contribution in [3.63, 3.8) is 0 Å². The maximum atomic E-state index is 13.5. The molecule has 1 aliphatic rings. The highest BCUT2D eigenvalue weighted by atomic mass is 32.2.